The van der Waals surface area contributed by atoms with Crippen molar-refractivity contribution in [3.8, 4) is 10.4 Å². The second-order valence-corrected chi connectivity index (χ2v) is 11.6. The van der Waals surface area contributed by atoms with Crippen LogP contribution in [0.4, 0.5) is 5.13 Å². The van der Waals surface area contributed by atoms with Crippen LogP contribution >= 0.6 is 11.3 Å². The Morgan fingerprint density at radius 1 is 1.16 bits per heavy atom. The molecule has 2 heterocycles. The number of nitrogens with one attached hydrogen (secondary N) is 3. The molecule has 8 heteroatoms. The number of aryl methyl sites for hydroxylation is 2. The SMILES string of the molecule is Cc1ccc(-c2sc(NCCC3CCCCC3)nc2C)cc1S(=O)(=O)N[C@@H]1CCNC1. The molecule has 1 saturated heterocycles. The maximum Gasteiger partial charge on any atom is 0.241 e. The number of hydrogen-bond donors (Lipinski definition) is 3. The van der Waals surface area contributed by atoms with Gasteiger partial charge in [0.1, 0.15) is 0 Å². The van der Waals surface area contributed by atoms with Gasteiger partial charge in [0, 0.05) is 19.1 Å². The summed E-state index contributed by atoms with van der Waals surface area (Å²) in [5.74, 6) is 0.842. The van der Waals surface area contributed by atoms with Crippen LogP contribution in [0, 0.1) is 19.8 Å². The van der Waals surface area contributed by atoms with Gasteiger partial charge in [-0.25, -0.2) is 18.1 Å². The van der Waals surface area contributed by atoms with E-state index in [2.05, 4.69) is 15.4 Å². The Bertz CT molecular complexity index is 991. The Balaban J connectivity index is 1.47. The summed E-state index contributed by atoms with van der Waals surface area (Å²) in [5.41, 5.74) is 2.60. The molecule has 2 fully saturated rings. The zero-order chi connectivity index (χ0) is 21.8. The molecule has 31 heavy (non-hydrogen) atoms. The van der Waals surface area contributed by atoms with E-state index in [0.29, 0.717) is 11.4 Å². The molecule has 0 spiro atoms. The second-order valence-electron chi connectivity index (χ2n) is 8.94. The van der Waals surface area contributed by atoms with Crippen molar-refractivity contribution in [2.75, 3.05) is 25.0 Å². The van der Waals surface area contributed by atoms with Crippen LogP contribution in [0.3, 0.4) is 0 Å². The van der Waals surface area contributed by atoms with E-state index < -0.39 is 10.0 Å². The molecule has 0 unspecified atom stereocenters. The van der Waals surface area contributed by atoms with Crippen molar-refractivity contribution in [2.45, 2.75) is 69.7 Å². The molecule has 170 valence electrons. The molecule has 0 amide bonds. The number of thiazole rings is 1. The molecule has 1 aromatic carbocycles. The van der Waals surface area contributed by atoms with Gasteiger partial charge in [0.05, 0.1) is 15.5 Å². The number of anilines is 1. The zero-order valence-corrected chi connectivity index (χ0v) is 20.2. The molecule has 1 atom stereocenters. The van der Waals surface area contributed by atoms with Crippen LogP contribution < -0.4 is 15.4 Å². The van der Waals surface area contributed by atoms with Crippen molar-refractivity contribution >= 4 is 26.5 Å². The molecule has 4 rings (SSSR count). The predicted octanol–water partition coefficient (Wildman–Crippen LogP) is 4.45. The van der Waals surface area contributed by atoms with Gasteiger partial charge in [-0.3, -0.25) is 0 Å². The summed E-state index contributed by atoms with van der Waals surface area (Å²) in [5, 5.41) is 7.62. The Kier molecular flexibility index (Phi) is 7.31. The van der Waals surface area contributed by atoms with E-state index in [1.54, 1.807) is 17.4 Å². The van der Waals surface area contributed by atoms with Gasteiger partial charge in [-0.1, -0.05) is 55.6 Å². The van der Waals surface area contributed by atoms with Crippen LogP contribution in [0.2, 0.25) is 0 Å². The van der Waals surface area contributed by atoms with E-state index in [1.165, 1.54) is 38.5 Å². The Hall–Kier alpha value is -1.48. The summed E-state index contributed by atoms with van der Waals surface area (Å²) in [7, 11) is -3.56. The third kappa shape index (κ3) is 5.66. The average molecular weight is 463 g/mol. The molecule has 0 radical (unpaired) electrons. The zero-order valence-electron chi connectivity index (χ0n) is 18.5. The first kappa shape index (κ1) is 22.7. The molecule has 6 nitrogen and oxygen atoms in total. The average Bonchev–Trinajstić information content (AvgIpc) is 3.38. The molecule has 3 N–H and O–H groups in total. The lowest BCUT2D eigenvalue weighted by atomic mass is 9.87. The number of aromatic nitrogens is 1. The maximum absolute atomic E-state index is 13.0. The van der Waals surface area contributed by atoms with E-state index in [4.69, 9.17) is 4.98 Å². The van der Waals surface area contributed by atoms with Gasteiger partial charge in [-0.2, -0.15) is 0 Å². The van der Waals surface area contributed by atoms with Crippen LogP contribution in [0.5, 0.6) is 0 Å². The van der Waals surface area contributed by atoms with Crippen molar-refractivity contribution < 1.29 is 8.42 Å². The van der Waals surface area contributed by atoms with Crippen molar-refractivity contribution in [1.82, 2.24) is 15.0 Å². The topological polar surface area (TPSA) is 83.1 Å². The van der Waals surface area contributed by atoms with Gasteiger partial charge >= 0.3 is 0 Å². The highest BCUT2D eigenvalue weighted by atomic mass is 32.2. The first-order chi connectivity index (χ1) is 14.9. The van der Waals surface area contributed by atoms with Gasteiger partial charge in [-0.05, 0) is 56.3 Å². The van der Waals surface area contributed by atoms with Gasteiger partial charge in [-0.15, -0.1) is 0 Å². The van der Waals surface area contributed by atoms with Crippen LogP contribution in [0.25, 0.3) is 10.4 Å². The van der Waals surface area contributed by atoms with E-state index in [1.807, 2.05) is 26.0 Å². The predicted molar refractivity (Wildman–Crippen MR) is 128 cm³/mol. The van der Waals surface area contributed by atoms with Crippen LogP contribution in [0.15, 0.2) is 23.1 Å². The minimum Gasteiger partial charge on any atom is -0.361 e. The fraction of sp³-hybridized carbons (Fsp3) is 0.609. The number of sulfonamides is 1. The number of hydrogen-bond acceptors (Lipinski definition) is 6. The van der Waals surface area contributed by atoms with Crippen LogP contribution in [0.1, 0.15) is 56.2 Å². The van der Waals surface area contributed by atoms with Crippen molar-refractivity contribution in [2.24, 2.45) is 5.92 Å². The standard InChI is InChI=1S/C23H34N4O2S2/c1-16-8-9-19(14-21(16)31(28,29)27-20-11-12-24-15-20)22-17(2)26-23(30-22)25-13-10-18-6-4-3-5-7-18/h8-9,14,18,20,24,27H,3-7,10-13,15H2,1-2H3,(H,25,26)/t20-/m1/s1. The van der Waals surface area contributed by atoms with Crippen molar-refractivity contribution in [1.29, 1.82) is 0 Å². The summed E-state index contributed by atoms with van der Waals surface area (Å²) >= 11 is 1.61. The van der Waals surface area contributed by atoms with Crippen LogP contribution in [-0.4, -0.2) is 39.1 Å². The van der Waals surface area contributed by atoms with E-state index in [9.17, 15) is 8.42 Å². The summed E-state index contributed by atoms with van der Waals surface area (Å²) in [6, 6.07) is 5.65. The normalized spacial score (nSPS) is 20.3. The molecule has 2 aromatic rings. The highest BCUT2D eigenvalue weighted by Crippen LogP contribution is 2.35. The smallest absolute Gasteiger partial charge is 0.241 e. The lowest BCUT2D eigenvalue weighted by Gasteiger charge is -2.21. The number of nitrogens with zero attached hydrogens (tertiary/aromatic N) is 1. The van der Waals surface area contributed by atoms with E-state index in [-0.39, 0.29) is 6.04 Å². The largest absolute Gasteiger partial charge is 0.361 e. The maximum atomic E-state index is 13.0. The Morgan fingerprint density at radius 3 is 2.71 bits per heavy atom. The second kappa shape index (κ2) is 9.98. The summed E-state index contributed by atoms with van der Waals surface area (Å²) in [4.78, 5) is 6.09. The fourth-order valence-corrected chi connectivity index (χ4v) is 7.20. The van der Waals surface area contributed by atoms with E-state index in [0.717, 1.165) is 52.3 Å². The fourth-order valence-electron chi connectivity index (χ4n) is 4.67. The van der Waals surface area contributed by atoms with Crippen molar-refractivity contribution in [3.63, 3.8) is 0 Å². The first-order valence-corrected chi connectivity index (χ1v) is 13.8. The third-order valence-electron chi connectivity index (χ3n) is 6.47. The van der Waals surface area contributed by atoms with Gasteiger partial charge in [0.15, 0.2) is 5.13 Å². The monoisotopic (exact) mass is 462 g/mol. The molecule has 2 aliphatic rings. The highest BCUT2D eigenvalue weighted by molar-refractivity contribution is 7.89. The lowest BCUT2D eigenvalue weighted by molar-refractivity contribution is 0.345. The van der Waals surface area contributed by atoms with Crippen molar-refractivity contribution in [3.05, 3.63) is 29.5 Å². The van der Waals surface area contributed by atoms with Gasteiger partial charge in [0.2, 0.25) is 10.0 Å². The summed E-state index contributed by atoms with van der Waals surface area (Å²) in [6.07, 6.45) is 8.86. The number of rotatable bonds is 8. The molecule has 0 bridgehead atoms. The first-order valence-electron chi connectivity index (χ1n) is 11.5. The Labute approximate surface area is 190 Å². The molecular formula is C23H34N4O2S2. The van der Waals surface area contributed by atoms with Gasteiger partial charge < -0.3 is 10.6 Å². The molecule has 1 aliphatic carbocycles. The molecule has 1 aromatic heterocycles. The summed E-state index contributed by atoms with van der Waals surface area (Å²) in [6.45, 7) is 6.33. The summed E-state index contributed by atoms with van der Waals surface area (Å²) < 4.78 is 28.9. The van der Waals surface area contributed by atoms with Gasteiger partial charge in [0.25, 0.3) is 0 Å². The number of benzene rings is 1. The molecule has 1 saturated carbocycles. The molecule has 1 aliphatic heterocycles. The minimum atomic E-state index is -3.56. The van der Waals surface area contributed by atoms with Crippen LogP contribution in [-0.2, 0) is 10.0 Å². The Morgan fingerprint density at radius 2 is 1.97 bits per heavy atom. The minimum absolute atomic E-state index is 0.0434. The molecular weight excluding hydrogens is 428 g/mol. The quantitative estimate of drug-likeness (QED) is 0.540. The highest BCUT2D eigenvalue weighted by Gasteiger charge is 2.25. The third-order valence-corrected chi connectivity index (χ3v) is 9.30. The lowest BCUT2D eigenvalue weighted by Crippen LogP contribution is -2.36. The van der Waals surface area contributed by atoms with E-state index >= 15 is 0 Å².